The Bertz CT molecular complexity index is 1060. The first-order valence-electron chi connectivity index (χ1n) is 10.0. The average molecular weight is 438 g/mol. The molecular formula is C25H21Cl2NO2. The maximum absolute atomic E-state index is 13.7. The highest BCUT2D eigenvalue weighted by molar-refractivity contribution is 6.43. The summed E-state index contributed by atoms with van der Waals surface area (Å²) in [5.74, 6) is -0.592. The lowest BCUT2D eigenvalue weighted by molar-refractivity contribution is -0.152. The number of benzene rings is 3. The van der Waals surface area contributed by atoms with E-state index in [1.54, 1.807) is 4.90 Å². The van der Waals surface area contributed by atoms with Crippen LogP contribution in [0.15, 0.2) is 91.0 Å². The van der Waals surface area contributed by atoms with Crippen LogP contribution in [-0.2, 0) is 15.3 Å². The van der Waals surface area contributed by atoms with Crippen molar-refractivity contribution in [3.05, 3.63) is 102 Å². The van der Waals surface area contributed by atoms with E-state index in [1.165, 1.54) is 0 Å². The second-order valence-corrected chi connectivity index (χ2v) is 8.93. The number of ether oxygens (including phenoxy) is 1. The smallest absolute Gasteiger partial charge is 0.256 e. The molecule has 1 unspecified atom stereocenters. The number of rotatable bonds is 4. The van der Waals surface area contributed by atoms with Gasteiger partial charge in [0, 0.05) is 17.2 Å². The number of β-lactam (4-membered cyclic amide) rings is 1. The largest absolute Gasteiger partial charge is 0.345 e. The van der Waals surface area contributed by atoms with E-state index < -0.39 is 21.9 Å². The molecule has 0 radical (unpaired) electrons. The molecule has 3 nitrogen and oxygen atoms in total. The van der Waals surface area contributed by atoms with Crippen molar-refractivity contribution in [2.75, 3.05) is 4.90 Å². The highest BCUT2D eigenvalue weighted by atomic mass is 35.5. The molecule has 0 spiro atoms. The van der Waals surface area contributed by atoms with Crippen LogP contribution >= 0.6 is 23.2 Å². The SMILES string of the molecule is C[C@H]1O[C@@]2(c3ccccc3)N(c3ccccc3)C(=O)[C@@]2(Cl)[C@@H]1C(Cl)c1ccccc1. The quantitative estimate of drug-likeness (QED) is 0.376. The summed E-state index contributed by atoms with van der Waals surface area (Å²) < 4.78 is 6.62. The van der Waals surface area contributed by atoms with E-state index in [1.807, 2.05) is 97.9 Å². The summed E-state index contributed by atoms with van der Waals surface area (Å²) in [6.45, 7) is 1.95. The summed E-state index contributed by atoms with van der Waals surface area (Å²) in [4.78, 5) is 14.1. The highest BCUT2D eigenvalue weighted by Gasteiger charge is 2.82. The van der Waals surface area contributed by atoms with Crippen LogP contribution < -0.4 is 4.90 Å². The molecule has 0 aromatic heterocycles. The van der Waals surface area contributed by atoms with Crippen LogP contribution in [0.25, 0.3) is 0 Å². The van der Waals surface area contributed by atoms with E-state index in [-0.39, 0.29) is 12.0 Å². The van der Waals surface area contributed by atoms with Crippen molar-refractivity contribution in [3.63, 3.8) is 0 Å². The van der Waals surface area contributed by atoms with Crippen LogP contribution in [0, 0.1) is 5.92 Å². The first-order valence-corrected chi connectivity index (χ1v) is 10.8. The van der Waals surface area contributed by atoms with E-state index in [4.69, 9.17) is 27.9 Å². The third-order valence-electron chi connectivity index (χ3n) is 6.26. The number of nitrogens with zero attached hydrogens (tertiary/aromatic N) is 1. The van der Waals surface area contributed by atoms with Gasteiger partial charge in [0.25, 0.3) is 5.91 Å². The average Bonchev–Trinajstić information content (AvgIpc) is 3.00. The second-order valence-electron chi connectivity index (χ2n) is 7.86. The Hall–Kier alpha value is -2.33. The first kappa shape index (κ1) is 19.6. The molecule has 0 bridgehead atoms. The van der Waals surface area contributed by atoms with E-state index >= 15 is 0 Å². The normalized spacial score (nSPS) is 31.2. The maximum atomic E-state index is 13.7. The van der Waals surface area contributed by atoms with Gasteiger partial charge in [-0.25, -0.2) is 0 Å². The molecule has 0 saturated carbocycles. The van der Waals surface area contributed by atoms with E-state index in [0.29, 0.717) is 0 Å². The Morgan fingerprint density at radius 3 is 2.03 bits per heavy atom. The number of anilines is 1. The standard InChI is InChI=1S/C25H21Cl2NO2/c1-17-21(22(26)18-11-5-2-6-12-18)24(27)23(29)28(20-15-9-4-10-16-20)25(24,30-17)19-13-7-3-8-14-19/h2-17,21-22H,1H3/t17-,21+,22?,24+,25-/m1/s1. The van der Waals surface area contributed by atoms with Crippen molar-refractivity contribution < 1.29 is 9.53 Å². The molecule has 3 aromatic rings. The number of carbonyl (C=O) groups is 1. The van der Waals surface area contributed by atoms with Crippen LogP contribution in [-0.4, -0.2) is 16.9 Å². The van der Waals surface area contributed by atoms with Crippen molar-refractivity contribution in [1.82, 2.24) is 0 Å². The molecule has 30 heavy (non-hydrogen) atoms. The molecule has 0 N–H and O–H groups in total. The summed E-state index contributed by atoms with van der Waals surface area (Å²) in [5, 5.41) is -0.467. The predicted octanol–water partition coefficient (Wildman–Crippen LogP) is 5.88. The van der Waals surface area contributed by atoms with Gasteiger partial charge in [0.15, 0.2) is 4.87 Å². The zero-order valence-electron chi connectivity index (χ0n) is 16.4. The fourth-order valence-electron chi connectivity index (χ4n) is 4.96. The minimum absolute atomic E-state index is 0.185. The predicted molar refractivity (Wildman–Crippen MR) is 120 cm³/mol. The lowest BCUT2D eigenvalue weighted by Gasteiger charge is -2.58. The van der Waals surface area contributed by atoms with Gasteiger partial charge in [-0.05, 0) is 24.6 Å². The number of fused-ring (bicyclic) bond motifs is 1. The fourth-order valence-corrected chi connectivity index (χ4v) is 6.19. The molecule has 5 rings (SSSR count). The number of amides is 1. The Morgan fingerprint density at radius 1 is 0.900 bits per heavy atom. The van der Waals surface area contributed by atoms with Crippen LogP contribution in [0.4, 0.5) is 5.69 Å². The topological polar surface area (TPSA) is 29.5 Å². The molecule has 3 aromatic carbocycles. The number of para-hydroxylation sites is 1. The van der Waals surface area contributed by atoms with Crippen molar-refractivity contribution in [3.8, 4) is 0 Å². The zero-order valence-corrected chi connectivity index (χ0v) is 17.9. The van der Waals surface area contributed by atoms with Gasteiger partial charge >= 0.3 is 0 Å². The van der Waals surface area contributed by atoms with Gasteiger partial charge in [0.05, 0.1) is 11.5 Å². The number of hydrogen-bond acceptors (Lipinski definition) is 2. The molecule has 2 saturated heterocycles. The lowest BCUT2D eigenvalue weighted by Crippen LogP contribution is -2.78. The summed E-state index contributed by atoms with van der Waals surface area (Å²) in [6, 6.07) is 29.0. The number of hydrogen-bond donors (Lipinski definition) is 0. The Morgan fingerprint density at radius 2 is 1.43 bits per heavy atom. The first-order chi connectivity index (χ1) is 14.5. The van der Waals surface area contributed by atoms with Gasteiger partial charge in [-0.15, -0.1) is 23.2 Å². The highest BCUT2D eigenvalue weighted by Crippen LogP contribution is 2.67. The van der Waals surface area contributed by atoms with E-state index in [2.05, 4.69) is 0 Å². The molecule has 2 aliphatic heterocycles. The molecule has 2 aliphatic rings. The van der Waals surface area contributed by atoms with Crippen molar-refractivity contribution in [2.45, 2.75) is 29.0 Å². The fraction of sp³-hybridized carbons (Fsp3) is 0.240. The van der Waals surface area contributed by atoms with Crippen LogP contribution in [0.3, 0.4) is 0 Å². The number of halogens is 2. The molecular weight excluding hydrogens is 417 g/mol. The molecule has 152 valence electrons. The molecule has 2 heterocycles. The monoisotopic (exact) mass is 437 g/mol. The summed E-state index contributed by atoms with van der Waals surface area (Å²) in [7, 11) is 0. The zero-order chi connectivity index (χ0) is 20.9. The summed E-state index contributed by atoms with van der Waals surface area (Å²) in [6.07, 6.45) is -0.330. The molecule has 5 atom stereocenters. The third kappa shape index (κ3) is 2.46. The van der Waals surface area contributed by atoms with Crippen molar-refractivity contribution in [2.24, 2.45) is 5.92 Å². The molecule has 1 amide bonds. The maximum Gasteiger partial charge on any atom is 0.256 e. The van der Waals surface area contributed by atoms with Crippen molar-refractivity contribution >= 4 is 34.8 Å². The van der Waals surface area contributed by atoms with E-state index in [9.17, 15) is 4.79 Å². The van der Waals surface area contributed by atoms with Gasteiger partial charge < -0.3 is 4.74 Å². The van der Waals surface area contributed by atoms with Gasteiger partial charge in [-0.2, -0.15) is 0 Å². The lowest BCUT2D eigenvalue weighted by atomic mass is 9.69. The minimum atomic E-state index is -1.31. The summed E-state index contributed by atoms with van der Waals surface area (Å²) in [5.41, 5.74) is 1.39. The third-order valence-corrected chi connectivity index (χ3v) is 7.45. The van der Waals surface area contributed by atoms with Gasteiger partial charge in [-0.1, -0.05) is 78.9 Å². The Kier molecular flexibility index (Phi) is 4.66. The van der Waals surface area contributed by atoms with Crippen LogP contribution in [0.2, 0.25) is 0 Å². The second kappa shape index (κ2) is 7.12. The van der Waals surface area contributed by atoms with Gasteiger partial charge in [0.2, 0.25) is 5.72 Å². The number of carbonyl (C=O) groups excluding carboxylic acids is 1. The molecule has 2 fully saturated rings. The molecule has 0 aliphatic carbocycles. The van der Waals surface area contributed by atoms with E-state index in [0.717, 1.165) is 16.8 Å². The van der Waals surface area contributed by atoms with Crippen LogP contribution in [0.1, 0.15) is 23.4 Å². The summed E-state index contributed by atoms with van der Waals surface area (Å²) >= 11 is 14.3. The number of alkyl halides is 2. The molecule has 5 heteroatoms. The van der Waals surface area contributed by atoms with Gasteiger partial charge in [-0.3, -0.25) is 9.69 Å². The van der Waals surface area contributed by atoms with Gasteiger partial charge in [0.1, 0.15) is 0 Å². The Balaban J connectivity index is 1.68. The Labute approximate surface area is 186 Å². The minimum Gasteiger partial charge on any atom is -0.345 e. The van der Waals surface area contributed by atoms with Crippen molar-refractivity contribution in [1.29, 1.82) is 0 Å². The van der Waals surface area contributed by atoms with Crippen LogP contribution in [0.5, 0.6) is 0 Å².